The Labute approximate surface area is 527 Å². The lowest BCUT2D eigenvalue weighted by Gasteiger charge is -2.07. The van der Waals surface area contributed by atoms with E-state index < -0.39 is 41.2 Å². The maximum Gasteiger partial charge on any atom is 0.418 e. The van der Waals surface area contributed by atoms with E-state index in [4.69, 9.17) is 0 Å². The molecular formula is C71H108F10N8. The van der Waals surface area contributed by atoms with Crippen LogP contribution in [-0.4, -0.2) is 36.5 Å². The molecule has 8 heterocycles. The molecular weight excluding hydrogens is 1150 g/mol. The van der Waals surface area contributed by atoms with Crippen LogP contribution in [0.4, 0.5) is 43.9 Å². The number of rotatable bonds is 6. The molecule has 8 rings (SSSR count). The summed E-state index contributed by atoms with van der Waals surface area (Å²) in [5.41, 5.74) is 17.4. The van der Waals surface area contributed by atoms with Crippen molar-refractivity contribution in [2.45, 2.75) is 207 Å². The van der Waals surface area contributed by atoms with Crippen molar-refractivity contribution in [3.8, 4) is 0 Å². The fourth-order valence-electron chi connectivity index (χ4n) is 10.0. The van der Waals surface area contributed by atoms with Crippen molar-refractivity contribution in [1.82, 2.24) is 36.5 Å². The van der Waals surface area contributed by atoms with Crippen molar-refractivity contribution in [3.05, 3.63) is 186 Å². The van der Waals surface area contributed by atoms with Gasteiger partial charge in [0.25, 0.3) is 0 Å². The van der Waals surface area contributed by atoms with Crippen molar-refractivity contribution in [2.75, 3.05) is 0 Å². The maximum atomic E-state index is 12.9. The van der Waals surface area contributed by atoms with E-state index in [1.807, 2.05) is 6.92 Å². The second kappa shape index (κ2) is 33.6. The summed E-state index contributed by atoms with van der Waals surface area (Å²) in [6.07, 6.45) is -6.58. The normalized spacial score (nSPS) is 11.4. The second-order valence-corrected chi connectivity index (χ2v) is 25.2. The molecule has 0 N–H and O–H groups in total. The minimum absolute atomic E-state index is 0.111. The fourth-order valence-corrected chi connectivity index (χ4v) is 10.0. The Morgan fingerprint density at radius 1 is 0.292 bits per heavy atom. The smallest absolute Gasteiger partial charge is 0.354 e. The van der Waals surface area contributed by atoms with Crippen molar-refractivity contribution < 1.29 is 43.9 Å². The first-order valence-electron chi connectivity index (χ1n) is 30.4. The van der Waals surface area contributed by atoms with Gasteiger partial charge >= 0.3 is 12.4 Å². The van der Waals surface area contributed by atoms with Gasteiger partial charge in [-0.15, -0.1) is 0 Å². The Hall–Kier alpha value is -6.46. The molecule has 0 saturated heterocycles. The predicted molar refractivity (Wildman–Crippen MR) is 350 cm³/mol. The first kappa shape index (κ1) is 80.6. The molecule has 0 unspecified atom stereocenters. The summed E-state index contributed by atoms with van der Waals surface area (Å²) in [4.78, 5) is 0. The fraction of sp³-hybridized carbons (Fsp3) is 0.549. The SMILES string of the molecule is Cc1c(C(C)C)cc(C(C)C)n1C.Cc1c(C(C)C)cc(F)n1C.Cc1c(C(C)C)ccn1C.Cc1c(C(F)(F)F)cc(F)n1C.Cc1c(F)cc(F)n1C.Cc1cc(C(C)C)c(C)n1C.Cc1cc(C(C)C)c(C)n1C.Cc1cc(C(F)(F)F)c(C)n1C. The summed E-state index contributed by atoms with van der Waals surface area (Å²) in [7, 11) is 14.6. The van der Waals surface area contributed by atoms with Gasteiger partial charge in [0, 0.05) is 137 Å². The molecule has 8 nitrogen and oxygen atoms in total. The summed E-state index contributed by atoms with van der Waals surface area (Å²) >= 11 is 0. The zero-order valence-corrected chi connectivity index (χ0v) is 59.5. The Morgan fingerprint density at radius 3 is 0.742 bits per heavy atom. The van der Waals surface area contributed by atoms with Gasteiger partial charge in [-0.1, -0.05) is 83.1 Å². The molecule has 89 heavy (non-hydrogen) atoms. The van der Waals surface area contributed by atoms with Gasteiger partial charge in [0.1, 0.15) is 5.82 Å². The number of alkyl halides is 6. The number of hydrogen-bond acceptors (Lipinski definition) is 0. The van der Waals surface area contributed by atoms with E-state index in [-0.39, 0.29) is 17.3 Å². The van der Waals surface area contributed by atoms with Gasteiger partial charge in [-0.3, -0.25) is 0 Å². The number of nitrogens with zero attached hydrogens (tertiary/aromatic N) is 8. The zero-order valence-electron chi connectivity index (χ0n) is 59.5. The summed E-state index contributed by atoms with van der Waals surface area (Å²) in [5, 5.41) is 0. The van der Waals surface area contributed by atoms with Crippen molar-refractivity contribution in [1.29, 1.82) is 0 Å². The van der Waals surface area contributed by atoms with E-state index in [2.05, 4.69) is 202 Å². The molecule has 8 aromatic heterocycles. The maximum absolute atomic E-state index is 12.9. The molecule has 502 valence electrons. The van der Waals surface area contributed by atoms with Gasteiger partial charge in [-0.25, -0.2) is 4.39 Å². The van der Waals surface area contributed by atoms with Crippen LogP contribution in [0.1, 0.15) is 226 Å². The van der Waals surface area contributed by atoms with Crippen LogP contribution < -0.4 is 0 Å². The van der Waals surface area contributed by atoms with Crippen LogP contribution in [0.3, 0.4) is 0 Å². The van der Waals surface area contributed by atoms with Crippen LogP contribution in [0.2, 0.25) is 0 Å². The Bertz CT molecular complexity index is 3240. The lowest BCUT2D eigenvalue weighted by atomic mass is 10.0. The van der Waals surface area contributed by atoms with Gasteiger partial charge in [-0.05, 0) is 176 Å². The van der Waals surface area contributed by atoms with E-state index in [1.54, 1.807) is 31.7 Å². The minimum Gasteiger partial charge on any atom is -0.354 e. The number of aryl methyl sites for hydroxylation is 4. The molecule has 0 atom stereocenters. The first-order valence-corrected chi connectivity index (χ1v) is 30.4. The van der Waals surface area contributed by atoms with Gasteiger partial charge < -0.3 is 36.5 Å². The molecule has 18 heteroatoms. The highest BCUT2D eigenvalue weighted by molar-refractivity contribution is 5.33. The van der Waals surface area contributed by atoms with E-state index in [0.717, 1.165) is 32.5 Å². The summed E-state index contributed by atoms with van der Waals surface area (Å²) < 4.78 is 137. The van der Waals surface area contributed by atoms with Crippen LogP contribution in [0, 0.1) is 99.8 Å². The van der Waals surface area contributed by atoms with E-state index in [0.29, 0.717) is 53.0 Å². The average Bonchev–Trinajstić information content (AvgIpc) is 2.04. The van der Waals surface area contributed by atoms with Gasteiger partial charge in [0.05, 0.1) is 16.8 Å². The monoisotopic (exact) mass is 1260 g/mol. The highest BCUT2D eigenvalue weighted by Crippen LogP contribution is 2.35. The summed E-state index contributed by atoms with van der Waals surface area (Å²) in [6.45, 7) is 47.4. The minimum atomic E-state index is -4.47. The average molecular weight is 1260 g/mol. The molecule has 0 saturated carbocycles. The number of halogens is 10. The van der Waals surface area contributed by atoms with Gasteiger partial charge in [0.2, 0.25) is 0 Å². The predicted octanol–water partition coefficient (Wildman–Crippen LogP) is 20.9. The van der Waals surface area contributed by atoms with Crippen LogP contribution in [0.25, 0.3) is 0 Å². The van der Waals surface area contributed by atoms with Crippen molar-refractivity contribution >= 4 is 0 Å². The van der Waals surface area contributed by atoms with E-state index in [1.165, 1.54) is 102 Å². The molecule has 0 aliphatic rings. The zero-order chi connectivity index (χ0) is 69.7. The van der Waals surface area contributed by atoms with Gasteiger partial charge in [-0.2, -0.15) is 39.5 Å². The number of aromatic nitrogens is 8. The second-order valence-electron chi connectivity index (χ2n) is 25.2. The molecule has 0 radical (unpaired) electrons. The lowest BCUT2D eigenvalue weighted by molar-refractivity contribution is -0.138. The molecule has 0 spiro atoms. The molecule has 0 fully saturated rings. The third kappa shape index (κ3) is 21.6. The van der Waals surface area contributed by atoms with Crippen LogP contribution in [-0.2, 0) is 68.7 Å². The topological polar surface area (TPSA) is 39.4 Å². The molecule has 8 aromatic rings. The quantitative estimate of drug-likeness (QED) is 0.149. The third-order valence-corrected chi connectivity index (χ3v) is 17.2. The van der Waals surface area contributed by atoms with Crippen LogP contribution in [0.5, 0.6) is 0 Å². The van der Waals surface area contributed by atoms with Gasteiger partial charge in [0.15, 0.2) is 17.8 Å². The highest BCUT2D eigenvalue weighted by Gasteiger charge is 2.35. The molecule has 0 aliphatic carbocycles. The van der Waals surface area contributed by atoms with Crippen molar-refractivity contribution in [2.24, 2.45) is 56.4 Å². The van der Waals surface area contributed by atoms with E-state index >= 15 is 0 Å². The lowest BCUT2D eigenvalue weighted by Crippen LogP contribution is -2.06. The van der Waals surface area contributed by atoms with Crippen molar-refractivity contribution in [3.63, 3.8) is 0 Å². The Balaban J connectivity index is 0.000000509. The Kier molecular flexibility index (Phi) is 30.4. The first-order chi connectivity index (χ1) is 40.5. The van der Waals surface area contributed by atoms with Crippen LogP contribution in [0.15, 0.2) is 54.7 Å². The Morgan fingerprint density at radius 2 is 0.584 bits per heavy atom. The summed E-state index contributed by atoms with van der Waals surface area (Å²) in [5.74, 6) is 1.57. The standard InChI is InChI=1S/C12H21N.2C10H17N.C9H14FN.C9H15N.C8H10F3N.C7H7F4N.C6H7F2N/c1-8(2)11-7-12(9(3)4)13(6)10(11)5;2*1-7(2)10-6-8(3)11(5)9(10)4;1-6(2)8-5-9(10)11(4)7(8)3;1-7(2)9-5-6-10(4)8(9)3;1-5-4-7(8(9,10)11)6(2)12(5)3;1-4-5(7(9,10)11)3-6(8)12(4)2;1-4-5(7)3-6(8)9(4)2/h7-9H,1-6H3;2*6-7H,1-5H3;5-6H,1-4H3;5-7H,1-4H3;4H,1-3H3;3H,1-2H3;3H,1-2H3. The molecule has 0 aromatic carbocycles. The van der Waals surface area contributed by atoms with E-state index in [9.17, 15) is 43.9 Å². The summed E-state index contributed by atoms with van der Waals surface area (Å²) in [6, 6.07) is 13.2. The largest absolute Gasteiger partial charge is 0.418 e. The third-order valence-electron chi connectivity index (χ3n) is 17.2. The molecule has 0 amide bonds. The molecule has 0 bridgehead atoms. The van der Waals surface area contributed by atoms with Crippen LogP contribution >= 0.6 is 0 Å². The highest BCUT2D eigenvalue weighted by atomic mass is 19.4. The molecule has 0 aliphatic heterocycles. The number of hydrogen-bond donors (Lipinski definition) is 0.